The maximum Gasteiger partial charge on any atom is 0.191 e. The fourth-order valence-corrected chi connectivity index (χ4v) is 4.45. The number of hydrogen-bond acceptors (Lipinski definition) is 5. The highest BCUT2D eigenvalue weighted by Crippen LogP contribution is 2.31. The van der Waals surface area contributed by atoms with E-state index in [0.717, 1.165) is 3.57 Å². The fourth-order valence-electron chi connectivity index (χ4n) is 3.63. The van der Waals surface area contributed by atoms with Crippen molar-refractivity contribution in [3.8, 4) is 0 Å². The van der Waals surface area contributed by atoms with Gasteiger partial charge in [0.1, 0.15) is 18.5 Å². The van der Waals surface area contributed by atoms with E-state index in [-0.39, 0.29) is 37.3 Å². The Morgan fingerprint density at radius 1 is 1.42 bits per heavy atom. The molecule has 1 aliphatic rings. The molecule has 1 saturated heterocycles. The Balaban J connectivity index is 1.58. The van der Waals surface area contributed by atoms with Crippen LogP contribution in [0.3, 0.4) is 0 Å². The predicted molar refractivity (Wildman–Crippen MR) is 122 cm³/mol. The fraction of sp³-hybridized carbons (Fsp3) is 0.364. The maximum absolute atomic E-state index is 14.5. The molecule has 4 rings (SSSR count). The average Bonchev–Trinajstić information content (AvgIpc) is 3.21. The van der Waals surface area contributed by atoms with Crippen LogP contribution in [-0.2, 0) is 20.6 Å². The van der Waals surface area contributed by atoms with Crippen LogP contribution in [0.25, 0.3) is 5.52 Å². The van der Waals surface area contributed by atoms with Crippen molar-refractivity contribution in [2.45, 2.75) is 32.2 Å². The Hall–Kier alpha value is -1.59. The number of carbonyl (C=O) groups is 1. The van der Waals surface area contributed by atoms with Gasteiger partial charge in [-0.25, -0.2) is 9.37 Å². The number of rotatable bonds is 7. The summed E-state index contributed by atoms with van der Waals surface area (Å²) in [6.07, 6.45) is 3.12. The molecule has 0 amide bonds. The molecule has 0 aliphatic carbocycles. The minimum absolute atomic E-state index is 0.174. The first kappa shape index (κ1) is 22.6. The number of fused-ring (bicyclic) bond motifs is 1. The van der Waals surface area contributed by atoms with Crippen molar-refractivity contribution in [1.29, 1.82) is 0 Å². The molecule has 1 aliphatic heterocycles. The molecule has 31 heavy (non-hydrogen) atoms. The van der Waals surface area contributed by atoms with Gasteiger partial charge in [-0.15, -0.1) is 0 Å². The molecule has 0 bridgehead atoms. The SMILES string of the molecule is CC1(C)OC[C@H](COCC(=O)c2c(Cl)c3ccncn3c2Cc2ccc(I)cc2F)O1. The Labute approximate surface area is 197 Å². The van der Waals surface area contributed by atoms with Crippen molar-refractivity contribution < 1.29 is 23.4 Å². The van der Waals surface area contributed by atoms with Crippen LogP contribution >= 0.6 is 34.2 Å². The molecule has 0 N–H and O–H groups in total. The Morgan fingerprint density at radius 2 is 2.23 bits per heavy atom. The Bertz CT molecular complexity index is 1130. The number of nitrogens with zero attached hydrogens (tertiary/aromatic N) is 2. The highest BCUT2D eigenvalue weighted by molar-refractivity contribution is 14.1. The standard InChI is InChI=1S/C22H21ClFIN2O4/c1-22(2)30-10-15(31-22)9-29-11-19(28)20-18(7-13-3-4-14(25)8-16(13)24)27-12-26-6-5-17(27)21(20)23/h3-6,8,12,15H,7,9-11H2,1-2H3/t15-/m0/s1. The van der Waals surface area contributed by atoms with Crippen molar-refractivity contribution in [2.75, 3.05) is 19.8 Å². The summed E-state index contributed by atoms with van der Waals surface area (Å²) in [5.41, 5.74) is 1.99. The summed E-state index contributed by atoms with van der Waals surface area (Å²) >= 11 is 8.62. The molecule has 2 aromatic heterocycles. The zero-order chi connectivity index (χ0) is 22.2. The van der Waals surface area contributed by atoms with Gasteiger partial charge in [0.25, 0.3) is 0 Å². The highest BCUT2D eigenvalue weighted by atomic mass is 127. The maximum atomic E-state index is 14.5. The van der Waals surface area contributed by atoms with Gasteiger partial charge in [0.15, 0.2) is 11.6 Å². The summed E-state index contributed by atoms with van der Waals surface area (Å²) in [7, 11) is 0. The zero-order valence-electron chi connectivity index (χ0n) is 17.0. The normalized spacial score (nSPS) is 18.0. The smallest absolute Gasteiger partial charge is 0.191 e. The third kappa shape index (κ3) is 4.93. The van der Waals surface area contributed by atoms with Gasteiger partial charge in [-0.3, -0.25) is 4.79 Å². The summed E-state index contributed by atoms with van der Waals surface area (Å²) in [6, 6.07) is 6.72. The van der Waals surface area contributed by atoms with Crippen molar-refractivity contribution in [3.05, 3.63) is 68.0 Å². The number of benzene rings is 1. The number of halogens is 3. The Morgan fingerprint density at radius 3 is 2.94 bits per heavy atom. The van der Waals surface area contributed by atoms with Crippen LogP contribution in [0.4, 0.5) is 4.39 Å². The monoisotopic (exact) mass is 558 g/mol. The number of ketones is 1. The molecule has 0 spiro atoms. The lowest BCUT2D eigenvalue weighted by Crippen LogP contribution is -2.25. The van der Waals surface area contributed by atoms with Crippen molar-refractivity contribution in [1.82, 2.24) is 9.38 Å². The van der Waals surface area contributed by atoms with E-state index in [1.54, 1.807) is 29.1 Å². The summed E-state index contributed by atoms with van der Waals surface area (Å²) in [5.74, 6) is -1.27. The molecule has 164 valence electrons. The van der Waals surface area contributed by atoms with Crippen LogP contribution in [-0.4, -0.2) is 46.9 Å². The van der Waals surface area contributed by atoms with Gasteiger partial charge in [0, 0.05) is 21.9 Å². The lowest BCUT2D eigenvalue weighted by atomic mass is 10.0. The van der Waals surface area contributed by atoms with Crippen LogP contribution in [0.2, 0.25) is 5.02 Å². The number of hydrogen-bond donors (Lipinski definition) is 0. The van der Waals surface area contributed by atoms with E-state index in [1.807, 2.05) is 19.9 Å². The Kier molecular flexibility index (Phi) is 6.64. The second-order valence-electron chi connectivity index (χ2n) is 7.77. The molecule has 3 aromatic rings. The predicted octanol–water partition coefficient (Wildman–Crippen LogP) is 4.67. The largest absolute Gasteiger partial charge is 0.371 e. The number of Topliss-reactive ketones (excluding diaryl/α,β-unsaturated/α-hetero) is 1. The molecule has 0 saturated carbocycles. The van der Waals surface area contributed by atoms with Gasteiger partial charge in [-0.05, 0) is 60.2 Å². The molecule has 3 heterocycles. The van der Waals surface area contributed by atoms with E-state index >= 15 is 0 Å². The molecule has 1 aromatic carbocycles. The minimum Gasteiger partial charge on any atom is -0.371 e. The van der Waals surface area contributed by atoms with Crippen LogP contribution in [0.15, 0.2) is 36.8 Å². The van der Waals surface area contributed by atoms with Gasteiger partial charge in [-0.2, -0.15) is 0 Å². The lowest BCUT2D eigenvalue weighted by molar-refractivity contribution is -0.144. The zero-order valence-corrected chi connectivity index (χ0v) is 19.9. The van der Waals surface area contributed by atoms with E-state index in [2.05, 4.69) is 27.6 Å². The van der Waals surface area contributed by atoms with Crippen molar-refractivity contribution in [3.63, 3.8) is 0 Å². The van der Waals surface area contributed by atoms with E-state index in [9.17, 15) is 9.18 Å². The van der Waals surface area contributed by atoms with E-state index < -0.39 is 5.79 Å². The van der Waals surface area contributed by atoms with E-state index in [0.29, 0.717) is 34.0 Å². The number of ether oxygens (including phenoxy) is 3. The molecular formula is C22H21ClFIN2O4. The summed E-state index contributed by atoms with van der Waals surface area (Å²) in [6.45, 7) is 4.11. The van der Waals surface area contributed by atoms with Crippen LogP contribution in [0.5, 0.6) is 0 Å². The second kappa shape index (κ2) is 9.11. The first-order valence-corrected chi connectivity index (χ1v) is 11.2. The van der Waals surface area contributed by atoms with Gasteiger partial charge < -0.3 is 18.6 Å². The topological polar surface area (TPSA) is 62.1 Å². The summed E-state index contributed by atoms with van der Waals surface area (Å²) < 4.78 is 33.8. The molecular weight excluding hydrogens is 538 g/mol. The van der Waals surface area contributed by atoms with Gasteiger partial charge in [-0.1, -0.05) is 17.7 Å². The van der Waals surface area contributed by atoms with Gasteiger partial charge in [0.2, 0.25) is 0 Å². The molecule has 6 nitrogen and oxygen atoms in total. The number of aromatic nitrogens is 2. The van der Waals surface area contributed by atoms with Crippen LogP contribution in [0, 0.1) is 9.39 Å². The average molecular weight is 559 g/mol. The highest BCUT2D eigenvalue weighted by Gasteiger charge is 2.33. The van der Waals surface area contributed by atoms with Gasteiger partial charge >= 0.3 is 0 Å². The van der Waals surface area contributed by atoms with E-state index in [1.165, 1.54) is 6.07 Å². The first-order chi connectivity index (χ1) is 14.7. The third-order valence-electron chi connectivity index (χ3n) is 5.04. The van der Waals surface area contributed by atoms with Gasteiger partial charge in [0.05, 0.1) is 35.6 Å². The molecule has 0 radical (unpaired) electrons. The lowest BCUT2D eigenvalue weighted by Gasteiger charge is -2.17. The minimum atomic E-state index is -0.654. The molecule has 1 atom stereocenters. The van der Waals surface area contributed by atoms with Crippen molar-refractivity contribution in [2.24, 2.45) is 0 Å². The summed E-state index contributed by atoms with van der Waals surface area (Å²) in [4.78, 5) is 17.2. The molecule has 9 heteroatoms. The van der Waals surface area contributed by atoms with E-state index in [4.69, 9.17) is 25.8 Å². The quantitative estimate of drug-likeness (QED) is 0.312. The second-order valence-corrected chi connectivity index (χ2v) is 9.40. The van der Waals surface area contributed by atoms with Crippen LogP contribution < -0.4 is 0 Å². The third-order valence-corrected chi connectivity index (χ3v) is 6.09. The van der Waals surface area contributed by atoms with Crippen LogP contribution in [0.1, 0.15) is 35.5 Å². The van der Waals surface area contributed by atoms with Crippen molar-refractivity contribution >= 4 is 45.5 Å². The summed E-state index contributed by atoms with van der Waals surface area (Å²) in [5, 5.41) is 0.304. The molecule has 1 fully saturated rings. The molecule has 0 unspecified atom stereocenters. The first-order valence-electron chi connectivity index (χ1n) is 9.74. The number of carbonyl (C=O) groups excluding carboxylic acids is 1.